The Morgan fingerprint density at radius 3 is 2.64 bits per heavy atom. The maximum atomic E-state index is 12.7. The Kier molecular flexibility index (Phi) is 4.81. The number of rotatable bonds is 2. The van der Waals surface area contributed by atoms with E-state index < -0.39 is 0 Å². The molecule has 2 amide bonds. The number of piperidine rings is 1. The number of hydrogen-bond donors (Lipinski definition) is 1. The highest BCUT2D eigenvalue weighted by Crippen LogP contribution is 2.30. The molecule has 0 bridgehead atoms. The number of amides is 2. The van der Waals surface area contributed by atoms with E-state index >= 15 is 0 Å². The molecule has 1 aromatic heterocycles. The molecule has 1 aliphatic heterocycles. The Bertz CT molecular complexity index is 536. The predicted octanol–water partition coefficient (Wildman–Crippen LogP) is 2.62. The zero-order chi connectivity index (χ0) is 15.5. The number of hydrogen-bond acceptors (Lipinski definition) is 3. The zero-order valence-corrected chi connectivity index (χ0v) is 14.0. The lowest BCUT2D eigenvalue weighted by Gasteiger charge is -2.30. The summed E-state index contributed by atoms with van der Waals surface area (Å²) >= 11 is 1.69. The number of likely N-dealkylation sites (tertiary alicyclic amines) is 1. The van der Waals surface area contributed by atoms with Crippen LogP contribution < -0.4 is 5.32 Å². The molecule has 0 aromatic carbocycles. The van der Waals surface area contributed by atoms with Gasteiger partial charge in [-0.2, -0.15) is 0 Å². The highest BCUT2D eigenvalue weighted by molar-refractivity contribution is 7.14. The SMILES string of the molecule is CNC(=O)C1CCN(C(=O)c2cc3c(s2)CCCCC3)CC1. The first-order valence-corrected chi connectivity index (χ1v) is 9.13. The van der Waals surface area contributed by atoms with Gasteiger partial charge in [0.1, 0.15) is 0 Å². The number of carbonyl (C=O) groups excluding carboxylic acids is 2. The molecule has 0 saturated carbocycles. The molecule has 0 unspecified atom stereocenters. The molecule has 1 fully saturated rings. The van der Waals surface area contributed by atoms with Gasteiger partial charge in [-0.05, 0) is 50.2 Å². The summed E-state index contributed by atoms with van der Waals surface area (Å²) in [6, 6.07) is 2.12. The monoisotopic (exact) mass is 320 g/mol. The van der Waals surface area contributed by atoms with E-state index in [0.717, 1.165) is 30.6 Å². The van der Waals surface area contributed by atoms with Crippen LogP contribution in [0.2, 0.25) is 0 Å². The number of thiophene rings is 1. The topological polar surface area (TPSA) is 49.4 Å². The summed E-state index contributed by atoms with van der Waals surface area (Å²) in [7, 11) is 1.68. The first kappa shape index (κ1) is 15.5. The Hall–Kier alpha value is -1.36. The van der Waals surface area contributed by atoms with E-state index in [-0.39, 0.29) is 17.7 Å². The minimum Gasteiger partial charge on any atom is -0.359 e. The predicted molar refractivity (Wildman–Crippen MR) is 88.3 cm³/mol. The third kappa shape index (κ3) is 3.19. The van der Waals surface area contributed by atoms with Gasteiger partial charge in [0.25, 0.3) is 5.91 Å². The van der Waals surface area contributed by atoms with Crippen molar-refractivity contribution < 1.29 is 9.59 Å². The van der Waals surface area contributed by atoms with E-state index in [0.29, 0.717) is 13.1 Å². The molecule has 2 aliphatic rings. The van der Waals surface area contributed by atoms with Crippen LogP contribution in [0.5, 0.6) is 0 Å². The molecule has 0 radical (unpaired) electrons. The number of aryl methyl sites for hydroxylation is 2. The van der Waals surface area contributed by atoms with Gasteiger partial charge in [-0.1, -0.05) is 6.42 Å². The third-order valence-electron chi connectivity index (χ3n) is 4.86. The van der Waals surface area contributed by atoms with Gasteiger partial charge in [-0.15, -0.1) is 11.3 Å². The first-order valence-electron chi connectivity index (χ1n) is 8.31. The van der Waals surface area contributed by atoms with Crippen LogP contribution in [0.3, 0.4) is 0 Å². The van der Waals surface area contributed by atoms with Crippen molar-refractivity contribution in [1.29, 1.82) is 0 Å². The number of fused-ring (bicyclic) bond motifs is 1. The lowest BCUT2D eigenvalue weighted by Crippen LogP contribution is -2.42. The van der Waals surface area contributed by atoms with E-state index in [4.69, 9.17) is 0 Å². The van der Waals surface area contributed by atoms with E-state index in [1.807, 2.05) is 4.90 Å². The van der Waals surface area contributed by atoms with Gasteiger partial charge in [0.05, 0.1) is 4.88 Å². The molecule has 0 atom stereocenters. The number of nitrogens with one attached hydrogen (secondary N) is 1. The molecule has 1 aliphatic carbocycles. The van der Waals surface area contributed by atoms with Crippen LogP contribution in [-0.4, -0.2) is 36.9 Å². The lowest BCUT2D eigenvalue weighted by atomic mass is 9.96. The van der Waals surface area contributed by atoms with Crippen LogP contribution in [-0.2, 0) is 17.6 Å². The number of nitrogens with zero attached hydrogens (tertiary/aromatic N) is 1. The second-order valence-corrected chi connectivity index (χ2v) is 7.44. The van der Waals surface area contributed by atoms with Crippen molar-refractivity contribution in [1.82, 2.24) is 10.2 Å². The summed E-state index contributed by atoms with van der Waals surface area (Å²) < 4.78 is 0. The molecular formula is C17H24N2O2S. The van der Waals surface area contributed by atoms with Crippen LogP contribution in [0.25, 0.3) is 0 Å². The smallest absolute Gasteiger partial charge is 0.263 e. The first-order chi connectivity index (χ1) is 10.7. The van der Waals surface area contributed by atoms with Crippen molar-refractivity contribution >= 4 is 23.2 Å². The highest BCUT2D eigenvalue weighted by Gasteiger charge is 2.28. The molecule has 5 heteroatoms. The fourth-order valence-electron chi connectivity index (χ4n) is 3.48. The highest BCUT2D eigenvalue weighted by atomic mass is 32.1. The standard InChI is InChI=1S/C17H24N2O2S/c1-18-16(20)12-7-9-19(10-8-12)17(21)15-11-13-5-3-2-4-6-14(13)22-15/h11-12H,2-10H2,1H3,(H,18,20). The Labute approximate surface area is 135 Å². The summed E-state index contributed by atoms with van der Waals surface area (Å²) in [5.41, 5.74) is 1.39. The van der Waals surface area contributed by atoms with Crippen molar-refractivity contribution in [2.24, 2.45) is 5.92 Å². The van der Waals surface area contributed by atoms with Crippen LogP contribution >= 0.6 is 11.3 Å². The summed E-state index contributed by atoms with van der Waals surface area (Å²) in [6.07, 6.45) is 7.60. The fourth-order valence-corrected chi connectivity index (χ4v) is 4.70. The second kappa shape index (κ2) is 6.82. The summed E-state index contributed by atoms with van der Waals surface area (Å²) in [6.45, 7) is 1.39. The van der Waals surface area contributed by atoms with Crippen LogP contribution in [0, 0.1) is 5.92 Å². The van der Waals surface area contributed by atoms with Crippen molar-refractivity contribution in [3.63, 3.8) is 0 Å². The Balaban J connectivity index is 1.64. The van der Waals surface area contributed by atoms with Gasteiger partial charge in [-0.25, -0.2) is 0 Å². The summed E-state index contributed by atoms with van der Waals surface area (Å²) in [5, 5.41) is 2.71. The third-order valence-corrected chi connectivity index (χ3v) is 6.08. The quantitative estimate of drug-likeness (QED) is 0.852. The van der Waals surface area contributed by atoms with Crippen LogP contribution in [0.1, 0.15) is 52.2 Å². The molecule has 4 nitrogen and oxygen atoms in total. The van der Waals surface area contributed by atoms with Crippen LogP contribution in [0.15, 0.2) is 6.07 Å². The summed E-state index contributed by atoms with van der Waals surface area (Å²) in [4.78, 5) is 28.6. The van der Waals surface area contributed by atoms with Gasteiger partial charge in [0, 0.05) is 30.9 Å². The average molecular weight is 320 g/mol. The Morgan fingerprint density at radius 1 is 1.18 bits per heavy atom. The van der Waals surface area contributed by atoms with Gasteiger partial charge in [-0.3, -0.25) is 9.59 Å². The molecule has 120 valence electrons. The largest absolute Gasteiger partial charge is 0.359 e. The van der Waals surface area contributed by atoms with Crippen molar-refractivity contribution in [3.05, 3.63) is 21.4 Å². The van der Waals surface area contributed by atoms with E-state index in [1.54, 1.807) is 18.4 Å². The molecule has 22 heavy (non-hydrogen) atoms. The zero-order valence-electron chi connectivity index (χ0n) is 13.2. The van der Waals surface area contributed by atoms with Crippen molar-refractivity contribution in [2.75, 3.05) is 20.1 Å². The minimum absolute atomic E-state index is 0.0640. The van der Waals surface area contributed by atoms with E-state index in [1.165, 1.54) is 29.7 Å². The van der Waals surface area contributed by atoms with Gasteiger partial charge < -0.3 is 10.2 Å². The van der Waals surface area contributed by atoms with Crippen molar-refractivity contribution in [2.45, 2.75) is 44.9 Å². The van der Waals surface area contributed by atoms with E-state index in [9.17, 15) is 9.59 Å². The molecular weight excluding hydrogens is 296 g/mol. The average Bonchev–Trinajstić information content (AvgIpc) is 2.84. The van der Waals surface area contributed by atoms with Gasteiger partial charge in [0.2, 0.25) is 5.91 Å². The van der Waals surface area contributed by atoms with E-state index in [2.05, 4.69) is 11.4 Å². The summed E-state index contributed by atoms with van der Waals surface area (Å²) in [5.74, 6) is 0.331. The lowest BCUT2D eigenvalue weighted by molar-refractivity contribution is -0.125. The van der Waals surface area contributed by atoms with Crippen molar-refractivity contribution in [3.8, 4) is 0 Å². The molecule has 0 spiro atoms. The normalized spacial score (nSPS) is 19.4. The number of carbonyl (C=O) groups is 2. The fraction of sp³-hybridized carbons (Fsp3) is 0.647. The van der Waals surface area contributed by atoms with Gasteiger partial charge >= 0.3 is 0 Å². The van der Waals surface area contributed by atoms with Gasteiger partial charge in [0.15, 0.2) is 0 Å². The molecule has 2 heterocycles. The molecule has 1 aromatic rings. The Morgan fingerprint density at radius 2 is 1.91 bits per heavy atom. The maximum absolute atomic E-state index is 12.7. The maximum Gasteiger partial charge on any atom is 0.263 e. The molecule has 1 N–H and O–H groups in total. The molecule has 1 saturated heterocycles. The van der Waals surface area contributed by atoms with Crippen LogP contribution in [0.4, 0.5) is 0 Å². The minimum atomic E-state index is 0.0640. The second-order valence-electron chi connectivity index (χ2n) is 6.30. The molecule has 3 rings (SSSR count).